The van der Waals surface area contributed by atoms with Crippen molar-refractivity contribution in [1.29, 1.82) is 0 Å². The number of nitrogens with zero attached hydrogens (tertiary/aromatic N) is 6. The van der Waals surface area contributed by atoms with E-state index in [0.717, 1.165) is 59.5 Å². The predicted octanol–water partition coefficient (Wildman–Crippen LogP) is 5.09. The number of fused-ring (bicyclic) bond motifs is 3. The van der Waals surface area contributed by atoms with Crippen molar-refractivity contribution in [1.82, 2.24) is 24.6 Å². The van der Waals surface area contributed by atoms with Gasteiger partial charge in [0.25, 0.3) is 0 Å². The molecule has 0 bridgehead atoms. The van der Waals surface area contributed by atoms with Gasteiger partial charge in [-0.05, 0) is 56.6 Å². The van der Waals surface area contributed by atoms with Crippen LogP contribution < -0.4 is 4.90 Å². The highest BCUT2D eigenvalue weighted by molar-refractivity contribution is 6.01. The van der Waals surface area contributed by atoms with Crippen LogP contribution in [0.2, 0.25) is 0 Å². The average Bonchev–Trinajstić information content (AvgIpc) is 3.22. The second-order valence-corrected chi connectivity index (χ2v) is 9.79. The van der Waals surface area contributed by atoms with Crippen LogP contribution in [0.4, 0.5) is 5.95 Å². The highest BCUT2D eigenvalue weighted by Gasteiger charge is 2.23. The number of benzene rings is 1. The van der Waals surface area contributed by atoms with Crippen LogP contribution >= 0.6 is 0 Å². The molecule has 0 unspecified atom stereocenters. The summed E-state index contributed by atoms with van der Waals surface area (Å²) in [7, 11) is 0. The van der Waals surface area contributed by atoms with E-state index < -0.39 is 5.97 Å². The van der Waals surface area contributed by atoms with Crippen LogP contribution in [0, 0.1) is 13.8 Å². The maximum atomic E-state index is 11.2. The van der Waals surface area contributed by atoms with Gasteiger partial charge in [0.05, 0.1) is 11.1 Å². The monoisotopic (exact) mass is 472 g/mol. The molecule has 1 N–H and O–H groups in total. The molecule has 3 aromatic heterocycles. The summed E-state index contributed by atoms with van der Waals surface area (Å²) in [5.74, 6) is 0.342. The number of piperidine rings is 1. The Hall–Kier alpha value is -3.55. The highest BCUT2D eigenvalue weighted by atomic mass is 16.4. The zero-order chi connectivity index (χ0) is 24.7. The lowest BCUT2D eigenvalue weighted by atomic mass is 10.00. The van der Waals surface area contributed by atoms with E-state index in [-0.39, 0.29) is 6.42 Å². The number of aromatic nitrogens is 5. The Morgan fingerprint density at radius 2 is 1.74 bits per heavy atom. The van der Waals surface area contributed by atoms with Crippen LogP contribution in [0.5, 0.6) is 0 Å². The molecule has 4 aromatic rings. The Balaban J connectivity index is 1.74. The summed E-state index contributed by atoms with van der Waals surface area (Å²) in [5.41, 5.74) is 7.10. The van der Waals surface area contributed by atoms with E-state index in [4.69, 9.17) is 20.1 Å². The molecular formula is C27H32N6O2. The zero-order valence-electron chi connectivity index (χ0n) is 20.9. The molecule has 0 aliphatic carbocycles. The molecule has 1 aliphatic rings. The van der Waals surface area contributed by atoms with Gasteiger partial charge in [-0.3, -0.25) is 4.79 Å². The quantitative estimate of drug-likeness (QED) is 0.418. The minimum atomic E-state index is -0.821. The first-order valence-electron chi connectivity index (χ1n) is 12.5. The number of hydrogen-bond donors (Lipinski definition) is 1. The zero-order valence-corrected chi connectivity index (χ0v) is 20.9. The van der Waals surface area contributed by atoms with Crippen molar-refractivity contribution < 1.29 is 9.90 Å². The minimum Gasteiger partial charge on any atom is -0.481 e. The van der Waals surface area contributed by atoms with Gasteiger partial charge in [-0.25, -0.2) is 14.5 Å². The first-order chi connectivity index (χ1) is 16.8. The highest BCUT2D eigenvalue weighted by Crippen LogP contribution is 2.33. The van der Waals surface area contributed by atoms with Gasteiger partial charge in [0.15, 0.2) is 11.3 Å². The Labute approximate surface area is 205 Å². The number of carboxylic acids is 1. The molecule has 0 spiro atoms. The maximum absolute atomic E-state index is 11.2. The number of aryl methyl sites for hydroxylation is 2. The normalized spacial score (nSPS) is 14.4. The number of carboxylic acid groups (broad SMARTS) is 1. The molecule has 8 nitrogen and oxygen atoms in total. The molecule has 0 amide bonds. The topological polar surface area (TPSA) is 96.5 Å². The first kappa shape index (κ1) is 23.2. The number of carbonyl (C=O) groups is 1. The molecule has 8 heteroatoms. The third-order valence-corrected chi connectivity index (χ3v) is 7.04. The summed E-state index contributed by atoms with van der Waals surface area (Å²) in [5, 5.41) is 14.9. The second kappa shape index (κ2) is 9.24. The molecule has 1 aliphatic heterocycles. The van der Waals surface area contributed by atoms with Crippen molar-refractivity contribution in [2.75, 3.05) is 18.0 Å². The largest absolute Gasteiger partial charge is 0.481 e. The van der Waals surface area contributed by atoms with Crippen LogP contribution in [-0.4, -0.2) is 48.7 Å². The number of hydrogen-bond acceptors (Lipinski definition) is 6. The van der Waals surface area contributed by atoms with Crippen LogP contribution in [0.3, 0.4) is 0 Å². The molecular weight excluding hydrogens is 440 g/mol. The van der Waals surface area contributed by atoms with Crippen molar-refractivity contribution >= 4 is 28.6 Å². The lowest BCUT2D eigenvalue weighted by molar-refractivity contribution is -0.136. The van der Waals surface area contributed by atoms with Crippen molar-refractivity contribution in [3.8, 4) is 11.3 Å². The van der Waals surface area contributed by atoms with E-state index in [9.17, 15) is 9.90 Å². The van der Waals surface area contributed by atoms with Crippen molar-refractivity contribution in [3.05, 3.63) is 46.8 Å². The lowest BCUT2D eigenvalue weighted by Gasteiger charge is -2.26. The van der Waals surface area contributed by atoms with Gasteiger partial charge in [-0.1, -0.05) is 38.1 Å². The Kier molecular flexibility index (Phi) is 6.13. The SMILES string of the molecule is Cc1nc2c3c(-c4ccc(C(C)C)cc4)nc(N4CCCCC4)nc3nn2c(C)c1CCC(=O)O. The molecule has 35 heavy (non-hydrogen) atoms. The minimum absolute atomic E-state index is 0.0576. The van der Waals surface area contributed by atoms with E-state index in [0.29, 0.717) is 29.6 Å². The summed E-state index contributed by atoms with van der Waals surface area (Å²) in [4.78, 5) is 28.3. The lowest BCUT2D eigenvalue weighted by Crippen LogP contribution is -2.31. The first-order valence-corrected chi connectivity index (χ1v) is 12.5. The van der Waals surface area contributed by atoms with Gasteiger partial charge in [-0.15, -0.1) is 5.10 Å². The van der Waals surface area contributed by atoms with Gasteiger partial charge in [0, 0.05) is 36.5 Å². The third-order valence-electron chi connectivity index (χ3n) is 7.04. The molecule has 1 fully saturated rings. The molecule has 1 aromatic carbocycles. The molecule has 0 atom stereocenters. The van der Waals surface area contributed by atoms with Crippen molar-refractivity contribution in [2.24, 2.45) is 0 Å². The summed E-state index contributed by atoms with van der Waals surface area (Å²) in [6, 6.07) is 8.57. The Morgan fingerprint density at radius 1 is 1.03 bits per heavy atom. The maximum Gasteiger partial charge on any atom is 0.303 e. The average molecular weight is 473 g/mol. The van der Waals surface area contributed by atoms with Crippen molar-refractivity contribution in [2.45, 2.75) is 65.7 Å². The Morgan fingerprint density at radius 3 is 2.40 bits per heavy atom. The van der Waals surface area contributed by atoms with Gasteiger partial charge in [0.2, 0.25) is 5.95 Å². The van der Waals surface area contributed by atoms with E-state index in [1.165, 1.54) is 12.0 Å². The fourth-order valence-corrected chi connectivity index (χ4v) is 4.98. The van der Waals surface area contributed by atoms with Crippen LogP contribution in [0.25, 0.3) is 27.9 Å². The van der Waals surface area contributed by atoms with Crippen LogP contribution in [0.15, 0.2) is 24.3 Å². The number of anilines is 1. The number of aliphatic carboxylic acids is 1. The molecule has 0 saturated carbocycles. The molecule has 1 saturated heterocycles. The summed E-state index contributed by atoms with van der Waals surface area (Å²) in [6.45, 7) is 10.2. The second-order valence-electron chi connectivity index (χ2n) is 9.79. The predicted molar refractivity (Wildman–Crippen MR) is 137 cm³/mol. The smallest absolute Gasteiger partial charge is 0.303 e. The van der Waals surface area contributed by atoms with Crippen LogP contribution in [-0.2, 0) is 11.2 Å². The van der Waals surface area contributed by atoms with Gasteiger partial charge in [-0.2, -0.15) is 4.98 Å². The standard InChI is InChI=1S/C27H32N6O2/c1-16(2)19-8-10-20(11-9-19)24-23-25(30-27(29-24)32-14-6-5-7-15-32)31-33-18(4)21(12-13-22(34)35)17(3)28-26(23)33/h8-11,16H,5-7,12-15H2,1-4H3,(H,34,35). The molecule has 5 rings (SSSR count). The van der Waals surface area contributed by atoms with Crippen molar-refractivity contribution in [3.63, 3.8) is 0 Å². The van der Waals surface area contributed by atoms with Gasteiger partial charge in [0.1, 0.15) is 0 Å². The Bertz CT molecular complexity index is 1400. The molecule has 4 heterocycles. The van der Waals surface area contributed by atoms with Gasteiger partial charge >= 0.3 is 5.97 Å². The summed E-state index contributed by atoms with van der Waals surface area (Å²) >= 11 is 0. The molecule has 182 valence electrons. The van der Waals surface area contributed by atoms with Crippen LogP contribution in [0.1, 0.15) is 68.0 Å². The van der Waals surface area contributed by atoms with E-state index in [1.54, 1.807) is 0 Å². The van der Waals surface area contributed by atoms with E-state index >= 15 is 0 Å². The fraction of sp³-hybridized carbons (Fsp3) is 0.444. The third kappa shape index (κ3) is 4.33. The van der Waals surface area contributed by atoms with Gasteiger partial charge < -0.3 is 10.0 Å². The van der Waals surface area contributed by atoms with E-state index in [2.05, 4.69) is 43.0 Å². The fourth-order valence-electron chi connectivity index (χ4n) is 4.98. The summed E-state index contributed by atoms with van der Waals surface area (Å²) in [6.07, 6.45) is 3.98. The van der Waals surface area contributed by atoms with E-state index in [1.807, 2.05) is 18.4 Å². The number of rotatable bonds is 6. The molecule has 0 radical (unpaired) electrons. The summed E-state index contributed by atoms with van der Waals surface area (Å²) < 4.78 is 1.81.